The number of aromatic hydroxyl groups is 1. The Morgan fingerprint density at radius 2 is 1.94 bits per heavy atom. The first-order chi connectivity index (χ1) is 15.0. The Kier molecular flexibility index (Phi) is 7.28. The van der Waals surface area contributed by atoms with E-state index in [1.807, 2.05) is 26.0 Å². The summed E-state index contributed by atoms with van der Waals surface area (Å²) in [7, 11) is 0. The van der Waals surface area contributed by atoms with Gasteiger partial charge in [0.25, 0.3) is 0 Å². The van der Waals surface area contributed by atoms with Crippen LogP contribution in [0.1, 0.15) is 25.1 Å². The van der Waals surface area contributed by atoms with Crippen LogP contribution in [0.15, 0.2) is 62.0 Å². The van der Waals surface area contributed by atoms with Gasteiger partial charge in [-0.05, 0) is 50.3 Å². The van der Waals surface area contributed by atoms with Gasteiger partial charge < -0.3 is 14.4 Å². The minimum absolute atomic E-state index is 0.0876. The normalized spacial score (nSPS) is 11.3. The number of anilines is 1. The number of hydrogen-bond donors (Lipinski definition) is 3. The van der Waals surface area contributed by atoms with E-state index in [0.717, 1.165) is 25.0 Å². The van der Waals surface area contributed by atoms with E-state index in [2.05, 4.69) is 30.9 Å². The summed E-state index contributed by atoms with van der Waals surface area (Å²) in [6.45, 7) is 5.71. The lowest BCUT2D eigenvalue weighted by Crippen LogP contribution is -2.28. The Hall–Kier alpha value is -3.79. The fraction of sp³-hybridized carbons (Fsp3) is 0.190. The monoisotopic (exact) mass is 438 g/mol. The highest BCUT2D eigenvalue weighted by molar-refractivity contribution is 7.80. The summed E-state index contributed by atoms with van der Waals surface area (Å²) < 4.78 is 5.38. The van der Waals surface area contributed by atoms with Gasteiger partial charge in [-0.25, -0.2) is 4.79 Å². The van der Waals surface area contributed by atoms with Crippen molar-refractivity contribution in [2.45, 2.75) is 13.8 Å². The number of benzene rings is 1. The predicted octanol–water partition coefficient (Wildman–Crippen LogP) is 2.57. The maximum Gasteiger partial charge on any atom is 0.349 e. The first kappa shape index (κ1) is 21.9. The van der Waals surface area contributed by atoms with Crippen LogP contribution in [-0.2, 0) is 0 Å². The molecule has 0 fully saturated rings. The molecule has 0 radical (unpaired) electrons. The molecule has 0 aliphatic carbocycles. The van der Waals surface area contributed by atoms with E-state index in [4.69, 9.17) is 16.6 Å². The molecule has 0 bridgehead atoms. The Morgan fingerprint density at radius 1 is 1.19 bits per heavy atom. The molecule has 3 rings (SSSR count). The summed E-state index contributed by atoms with van der Waals surface area (Å²) in [5, 5.41) is 18.8. The van der Waals surface area contributed by atoms with Crippen molar-refractivity contribution in [1.29, 1.82) is 0 Å². The fourth-order valence-corrected chi connectivity index (χ4v) is 2.98. The largest absolute Gasteiger partial charge is 0.506 e. The second-order valence-corrected chi connectivity index (χ2v) is 6.74. The van der Waals surface area contributed by atoms with Gasteiger partial charge in [0.2, 0.25) is 5.11 Å². The third-order valence-corrected chi connectivity index (χ3v) is 4.62. The minimum atomic E-state index is -0.709. The topological polar surface area (TPSA) is 115 Å². The third-order valence-electron chi connectivity index (χ3n) is 4.44. The van der Waals surface area contributed by atoms with Crippen molar-refractivity contribution in [3.63, 3.8) is 0 Å². The number of fused-ring (bicyclic) bond motifs is 1. The van der Waals surface area contributed by atoms with Crippen LogP contribution in [0.2, 0.25) is 0 Å². The smallest absolute Gasteiger partial charge is 0.349 e. The van der Waals surface area contributed by atoms with E-state index < -0.39 is 5.63 Å². The van der Waals surface area contributed by atoms with Gasteiger partial charge in [-0.15, -0.1) is 0 Å². The van der Waals surface area contributed by atoms with Crippen molar-refractivity contribution in [2.75, 3.05) is 18.0 Å². The maximum absolute atomic E-state index is 12.3. The summed E-state index contributed by atoms with van der Waals surface area (Å²) in [6, 6.07) is 10.7. The van der Waals surface area contributed by atoms with E-state index in [0.29, 0.717) is 16.7 Å². The van der Waals surface area contributed by atoms with Gasteiger partial charge in [0.1, 0.15) is 16.9 Å². The highest BCUT2D eigenvalue weighted by atomic mass is 32.1. The number of hydrazone groups is 2. The Morgan fingerprint density at radius 3 is 2.61 bits per heavy atom. The van der Waals surface area contributed by atoms with Crippen LogP contribution in [0, 0.1) is 0 Å². The molecule has 0 unspecified atom stereocenters. The zero-order valence-corrected chi connectivity index (χ0v) is 17.9. The number of nitrogens with zero attached hydrogens (tertiary/aromatic N) is 4. The molecule has 0 saturated heterocycles. The molecule has 2 aromatic heterocycles. The molecule has 1 aromatic carbocycles. The highest BCUT2D eigenvalue weighted by Crippen LogP contribution is 2.29. The van der Waals surface area contributed by atoms with Crippen molar-refractivity contribution in [2.24, 2.45) is 10.2 Å². The second kappa shape index (κ2) is 10.3. The number of aromatic nitrogens is 1. The van der Waals surface area contributed by atoms with Gasteiger partial charge in [0.15, 0.2) is 0 Å². The summed E-state index contributed by atoms with van der Waals surface area (Å²) in [5.74, 6) is -0.213. The molecule has 9 nitrogen and oxygen atoms in total. The molecule has 31 heavy (non-hydrogen) atoms. The van der Waals surface area contributed by atoms with Crippen LogP contribution >= 0.6 is 12.2 Å². The van der Waals surface area contributed by atoms with Crippen LogP contribution in [0.4, 0.5) is 5.69 Å². The first-order valence-electron chi connectivity index (χ1n) is 9.61. The summed E-state index contributed by atoms with van der Waals surface area (Å²) in [6.07, 6.45) is 4.29. The number of nitrogens with one attached hydrogen (secondary N) is 2. The number of rotatable bonds is 7. The van der Waals surface area contributed by atoms with E-state index >= 15 is 0 Å². The zero-order chi connectivity index (χ0) is 22.2. The Labute approximate surface area is 184 Å². The minimum Gasteiger partial charge on any atom is -0.506 e. The number of hydrogen-bond acceptors (Lipinski definition) is 8. The SMILES string of the molecule is CCN(CC)c1ccc2c(O)c(C=NNC(=S)NN=Cc3ccccn3)c(=O)oc2c1. The van der Waals surface area contributed by atoms with Crippen molar-refractivity contribution in [3.05, 3.63) is 64.3 Å². The average molecular weight is 439 g/mol. The van der Waals surface area contributed by atoms with E-state index in [9.17, 15) is 9.90 Å². The predicted molar refractivity (Wildman–Crippen MR) is 126 cm³/mol. The second-order valence-electron chi connectivity index (χ2n) is 6.33. The molecule has 0 aliphatic heterocycles. The molecule has 10 heteroatoms. The molecule has 0 amide bonds. The number of thiocarbonyl (C=S) groups is 1. The standard InChI is InChI=1S/C21H22N6O3S/c1-3-27(4-2)15-8-9-16-18(11-15)30-20(29)17(19(16)28)13-24-26-21(31)25-23-12-14-7-5-6-10-22-14/h5-13,28H,3-4H2,1-2H3,(H2,25,26,31). The zero-order valence-electron chi connectivity index (χ0n) is 17.1. The van der Waals surface area contributed by atoms with Crippen molar-refractivity contribution in [1.82, 2.24) is 15.8 Å². The van der Waals surface area contributed by atoms with Gasteiger partial charge in [0.05, 0.1) is 23.5 Å². The quantitative estimate of drug-likeness (QED) is 0.223. The molecular weight excluding hydrogens is 416 g/mol. The van der Waals surface area contributed by atoms with Gasteiger partial charge in [-0.2, -0.15) is 10.2 Å². The van der Waals surface area contributed by atoms with Crippen LogP contribution in [0.25, 0.3) is 11.0 Å². The van der Waals surface area contributed by atoms with Crippen LogP contribution in [0.3, 0.4) is 0 Å². The Bertz CT molecular complexity index is 1170. The first-order valence-corrected chi connectivity index (χ1v) is 10.0. The van der Waals surface area contributed by atoms with Crippen molar-refractivity contribution < 1.29 is 9.52 Å². The molecular formula is C21H22N6O3S. The van der Waals surface area contributed by atoms with E-state index in [1.165, 1.54) is 6.21 Å². The highest BCUT2D eigenvalue weighted by Gasteiger charge is 2.14. The molecule has 0 atom stereocenters. The lowest BCUT2D eigenvalue weighted by atomic mass is 10.1. The summed E-state index contributed by atoms with van der Waals surface area (Å²) in [5.41, 5.74) is 6.16. The van der Waals surface area contributed by atoms with Gasteiger partial charge >= 0.3 is 5.63 Å². The lowest BCUT2D eigenvalue weighted by Gasteiger charge is -2.21. The molecule has 0 saturated carbocycles. The molecule has 3 aromatic rings. The fourth-order valence-electron chi connectivity index (χ4n) is 2.88. The molecule has 160 valence electrons. The molecule has 0 aliphatic rings. The molecule has 2 heterocycles. The van der Waals surface area contributed by atoms with Crippen LogP contribution in [-0.4, -0.2) is 40.7 Å². The number of pyridine rings is 1. The molecule has 0 spiro atoms. The van der Waals surface area contributed by atoms with E-state index in [1.54, 1.807) is 30.5 Å². The van der Waals surface area contributed by atoms with Crippen LogP contribution in [0.5, 0.6) is 5.75 Å². The Balaban J connectivity index is 1.71. The summed E-state index contributed by atoms with van der Waals surface area (Å²) >= 11 is 5.05. The van der Waals surface area contributed by atoms with Crippen molar-refractivity contribution in [3.8, 4) is 5.75 Å². The lowest BCUT2D eigenvalue weighted by molar-refractivity contribution is 0.466. The van der Waals surface area contributed by atoms with Crippen LogP contribution < -0.4 is 21.4 Å². The van der Waals surface area contributed by atoms with E-state index in [-0.39, 0.29) is 16.4 Å². The maximum atomic E-state index is 12.3. The van der Waals surface area contributed by atoms with Gasteiger partial charge in [-0.1, -0.05) is 6.07 Å². The van der Waals surface area contributed by atoms with Gasteiger partial charge in [0, 0.05) is 31.0 Å². The average Bonchev–Trinajstić information content (AvgIpc) is 2.77. The third kappa shape index (κ3) is 5.43. The summed E-state index contributed by atoms with van der Waals surface area (Å²) in [4.78, 5) is 18.5. The van der Waals surface area contributed by atoms with Crippen molar-refractivity contribution >= 4 is 46.4 Å². The van der Waals surface area contributed by atoms with Gasteiger partial charge in [-0.3, -0.25) is 15.8 Å². The molecule has 3 N–H and O–H groups in total.